The summed E-state index contributed by atoms with van der Waals surface area (Å²) in [7, 11) is 0. The fourth-order valence-electron chi connectivity index (χ4n) is 1.93. The molecule has 0 aromatic heterocycles. The number of nitrogens with one attached hydrogen (secondary N) is 2. The van der Waals surface area contributed by atoms with Gasteiger partial charge in [-0.25, -0.2) is 5.43 Å². The van der Waals surface area contributed by atoms with E-state index in [0.29, 0.717) is 10.0 Å². The van der Waals surface area contributed by atoms with Crippen molar-refractivity contribution >= 4 is 39.6 Å². The van der Waals surface area contributed by atoms with Gasteiger partial charge < -0.3 is 10.4 Å². The molecule has 0 saturated heterocycles. The molecule has 0 radical (unpaired) electrons. The molecule has 9 nitrogen and oxygen atoms in total. The average Bonchev–Trinajstić information content (AvgIpc) is 2.60. The highest BCUT2D eigenvalue weighted by Crippen LogP contribution is 2.21. The smallest absolute Gasteiger partial charge is 0.278 e. The SMILES string of the molecule is O=C(CNC(=O)c1ccccc1Br)N/N=C/c1cc(O)ccc1[N+](=O)[O-]. The molecule has 0 aliphatic rings. The number of nitrogens with zero attached hydrogens (tertiary/aromatic N) is 2. The number of hydrazone groups is 1. The topological polar surface area (TPSA) is 134 Å². The van der Waals surface area contributed by atoms with E-state index in [2.05, 4.69) is 31.8 Å². The Morgan fingerprint density at radius 2 is 2.00 bits per heavy atom. The molecule has 10 heteroatoms. The van der Waals surface area contributed by atoms with Crippen molar-refractivity contribution in [2.75, 3.05) is 6.54 Å². The molecule has 0 heterocycles. The van der Waals surface area contributed by atoms with Crippen molar-refractivity contribution < 1.29 is 19.6 Å². The molecule has 134 valence electrons. The molecule has 0 aliphatic heterocycles. The Kier molecular flexibility index (Phi) is 6.39. The number of aromatic hydroxyl groups is 1. The fourth-order valence-corrected chi connectivity index (χ4v) is 2.39. The lowest BCUT2D eigenvalue weighted by Crippen LogP contribution is -2.35. The van der Waals surface area contributed by atoms with E-state index in [0.717, 1.165) is 18.3 Å². The number of hydrogen-bond acceptors (Lipinski definition) is 6. The number of benzene rings is 2. The average molecular weight is 421 g/mol. The van der Waals surface area contributed by atoms with Gasteiger partial charge >= 0.3 is 0 Å². The monoisotopic (exact) mass is 420 g/mol. The van der Waals surface area contributed by atoms with E-state index >= 15 is 0 Å². The molecule has 2 aromatic carbocycles. The summed E-state index contributed by atoms with van der Waals surface area (Å²) in [6.45, 7) is -0.334. The predicted octanol–water partition coefficient (Wildman–Crippen LogP) is 1.94. The summed E-state index contributed by atoms with van der Waals surface area (Å²) >= 11 is 3.24. The minimum atomic E-state index is -0.638. The Morgan fingerprint density at radius 3 is 2.69 bits per heavy atom. The number of hydrogen-bond donors (Lipinski definition) is 3. The van der Waals surface area contributed by atoms with Gasteiger partial charge in [-0.1, -0.05) is 12.1 Å². The maximum absolute atomic E-state index is 12.0. The lowest BCUT2D eigenvalue weighted by Gasteiger charge is -2.05. The van der Waals surface area contributed by atoms with Gasteiger partial charge in [0.1, 0.15) is 5.75 Å². The number of amides is 2. The van der Waals surface area contributed by atoms with Crippen molar-refractivity contribution in [1.29, 1.82) is 0 Å². The van der Waals surface area contributed by atoms with Crippen LogP contribution >= 0.6 is 15.9 Å². The van der Waals surface area contributed by atoms with Crippen LogP contribution in [-0.2, 0) is 4.79 Å². The van der Waals surface area contributed by atoms with E-state index in [4.69, 9.17) is 0 Å². The highest BCUT2D eigenvalue weighted by Gasteiger charge is 2.13. The molecule has 0 fully saturated rings. The number of phenols is 1. The first-order valence-electron chi connectivity index (χ1n) is 7.20. The Morgan fingerprint density at radius 1 is 1.27 bits per heavy atom. The van der Waals surface area contributed by atoms with Crippen LogP contribution in [0.1, 0.15) is 15.9 Å². The van der Waals surface area contributed by atoms with Crippen molar-refractivity contribution in [3.05, 3.63) is 68.2 Å². The molecule has 0 unspecified atom stereocenters. The third kappa shape index (κ3) is 5.11. The Bertz CT molecular complexity index is 885. The minimum absolute atomic E-state index is 0.0209. The molecule has 0 aliphatic carbocycles. The van der Waals surface area contributed by atoms with Crippen LogP contribution in [0.4, 0.5) is 5.69 Å². The first-order valence-corrected chi connectivity index (χ1v) is 8.00. The molecular formula is C16H13BrN4O5. The molecular weight excluding hydrogens is 408 g/mol. The van der Waals surface area contributed by atoms with Crippen LogP contribution < -0.4 is 10.7 Å². The van der Waals surface area contributed by atoms with Gasteiger partial charge in [0.2, 0.25) is 0 Å². The summed E-state index contributed by atoms with van der Waals surface area (Å²) in [6, 6.07) is 10.2. The van der Waals surface area contributed by atoms with Crippen LogP contribution in [0.25, 0.3) is 0 Å². The zero-order valence-electron chi connectivity index (χ0n) is 13.2. The van der Waals surface area contributed by atoms with Crippen molar-refractivity contribution in [3.63, 3.8) is 0 Å². The molecule has 3 N–H and O–H groups in total. The standard InChI is InChI=1S/C16H13BrN4O5/c17-13-4-2-1-3-12(13)16(24)18-9-15(23)20-19-8-10-7-11(22)5-6-14(10)21(25)26/h1-8,22H,9H2,(H,18,24)(H,20,23)/b19-8+. The maximum Gasteiger partial charge on any atom is 0.278 e. The van der Waals surface area contributed by atoms with Gasteiger partial charge in [-0.3, -0.25) is 19.7 Å². The molecule has 0 bridgehead atoms. The quantitative estimate of drug-likeness (QED) is 0.372. The second-order valence-electron chi connectivity index (χ2n) is 4.96. The third-order valence-corrected chi connectivity index (χ3v) is 3.82. The molecule has 0 spiro atoms. The van der Waals surface area contributed by atoms with Crippen molar-refractivity contribution in [1.82, 2.24) is 10.7 Å². The van der Waals surface area contributed by atoms with Gasteiger partial charge in [0.25, 0.3) is 17.5 Å². The zero-order valence-corrected chi connectivity index (χ0v) is 14.8. The molecule has 0 saturated carbocycles. The number of phenolic OH excluding ortho intramolecular Hbond substituents is 1. The first kappa shape index (κ1) is 19.1. The normalized spacial score (nSPS) is 10.5. The van der Waals surface area contributed by atoms with Crippen LogP contribution in [0.2, 0.25) is 0 Å². The van der Waals surface area contributed by atoms with E-state index < -0.39 is 16.7 Å². The fraction of sp³-hybridized carbons (Fsp3) is 0.0625. The summed E-state index contributed by atoms with van der Waals surface area (Å²) in [5.74, 6) is -1.24. The summed E-state index contributed by atoms with van der Waals surface area (Å²) in [4.78, 5) is 33.9. The lowest BCUT2D eigenvalue weighted by atomic mass is 10.2. The van der Waals surface area contributed by atoms with Crippen LogP contribution in [0.3, 0.4) is 0 Å². The summed E-state index contributed by atoms with van der Waals surface area (Å²) < 4.78 is 0.590. The van der Waals surface area contributed by atoms with Crippen LogP contribution in [-0.4, -0.2) is 34.6 Å². The number of carbonyl (C=O) groups is 2. The predicted molar refractivity (Wildman–Crippen MR) is 97.0 cm³/mol. The lowest BCUT2D eigenvalue weighted by molar-refractivity contribution is -0.385. The summed E-state index contributed by atoms with van der Waals surface area (Å²) in [5, 5.41) is 26.3. The van der Waals surface area contributed by atoms with Gasteiger partial charge in [0.05, 0.1) is 28.8 Å². The minimum Gasteiger partial charge on any atom is -0.508 e. The van der Waals surface area contributed by atoms with E-state index in [1.165, 1.54) is 6.07 Å². The molecule has 2 amide bonds. The number of nitro groups is 1. The van der Waals surface area contributed by atoms with Crippen molar-refractivity contribution in [2.24, 2.45) is 5.10 Å². The van der Waals surface area contributed by atoms with E-state index in [9.17, 15) is 24.8 Å². The zero-order chi connectivity index (χ0) is 19.1. The first-order chi connectivity index (χ1) is 12.4. The van der Waals surface area contributed by atoms with Gasteiger partial charge in [0.15, 0.2) is 0 Å². The summed E-state index contributed by atoms with van der Waals surface area (Å²) in [5.41, 5.74) is 2.26. The molecule has 2 aromatic rings. The van der Waals surface area contributed by atoms with E-state index in [1.807, 2.05) is 0 Å². The number of rotatable bonds is 6. The number of halogens is 1. The Hall–Kier alpha value is -3.27. The van der Waals surface area contributed by atoms with Gasteiger partial charge in [-0.2, -0.15) is 5.10 Å². The third-order valence-electron chi connectivity index (χ3n) is 3.13. The van der Waals surface area contributed by atoms with Crippen molar-refractivity contribution in [3.8, 4) is 5.75 Å². The molecule has 26 heavy (non-hydrogen) atoms. The summed E-state index contributed by atoms with van der Waals surface area (Å²) in [6.07, 6.45) is 1.03. The van der Waals surface area contributed by atoms with Crippen molar-refractivity contribution in [2.45, 2.75) is 0 Å². The number of carbonyl (C=O) groups excluding carboxylic acids is 2. The second-order valence-corrected chi connectivity index (χ2v) is 5.81. The maximum atomic E-state index is 12.0. The van der Waals surface area contributed by atoms with E-state index in [-0.39, 0.29) is 23.5 Å². The van der Waals surface area contributed by atoms with E-state index in [1.54, 1.807) is 24.3 Å². The van der Waals surface area contributed by atoms with Crippen LogP contribution in [0.15, 0.2) is 52.0 Å². The number of nitro benzene ring substituents is 1. The van der Waals surface area contributed by atoms with Gasteiger partial charge in [-0.15, -0.1) is 0 Å². The van der Waals surface area contributed by atoms with Crippen LogP contribution in [0.5, 0.6) is 5.75 Å². The highest BCUT2D eigenvalue weighted by atomic mass is 79.9. The second kappa shape index (κ2) is 8.72. The largest absolute Gasteiger partial charge is 0.508 e. The molecule has 0 atom stereocenters. The van der Waals surface area contributed by atoms with Gasteiger partial charge in [-0.05, 0) is 40.2 Å². The van der Waals surface area contributed by atoms with Gasteiger partial charge in [0, 0.05) is 10.5 Å². The highest BCUT2D eigenvalue weighted by molar-refractivity contribution is 9.10. The Balaban J connectivity index is 1.92. The Labute approximate surface area is 156 Å². The molecule has 2 rings (SSSR count). The van der Waals surface area contributed by atoms with Crippen LogP contribution in [0, 0.1) is 10.1 Å².